The first-order valence-corrected chi connectivity index (χ1v) is 8.38. The molecular formula is C19H17N3O7. The van der Waals surface area contributed by atoms with Crippen LogP contribution in [0.5, 0.6) is 0 Å². The molecule has 0 saturated heterocycles. The van der Waals surface area contributed by atoms with Crippen molar-refractivity contribution in [2.24, 2.45) is 0 Å². The van der Waals surface area contributed by atoms with Crippen molar-refractivity contribution in [3.05, 3.63) is 62.1 Å². The molecule has 2 aromatic rings. The number of hydrogen-bond acceptors (Lipinski definition) is 8. The first-order chi connectivity index (χ1) is 13.7. The Bertz CT molecular complexity index is 1040. The molecule has 1 aromatic heterocycles. The summed E-state index contributed by atoms with van der Waals surface area (Å²) in [6.07, 6.45) is -0.0655. The highest BCUT2D eigenvalue weighted by atomic mass is 16.6. The van der Waals surface area contributed by atoms with Crippen molar-refractivity contribution in [2.45, 2.75) is 20.3 Å². The Morgan fingerprint density at radius 1 is 1.21 bits per heavy atom. The summed E-state index contributed by atoms with van der Waals surface area (Å²) in [6, 6.07) is 7.11. The lowest BCUT2D eigenvalue weighted by molar-refractivity contribution is -0.619. The van der Waals surface area contributed by atoms with Crippen molar-refractivity contribution in [2.75, 3.05) is 13.7 Å². The van der Waals surface area contributed by atoms with Gasteiger partial charge in [-0.25, -0.2) is 9.59 Å². The molecule has 0 aliphatic heterocycles. The molecule has 0 amide bonds. The monoisotopic (exact) mass is 399 g/mol. The highest BCUT2D eigenvalue weighted by Crippen LogP contribution is 2.33. The van der Waals surface area contributed by atoms with E-state index >= 15 is 0 Å². The largest absolute Gasteiger partial charge is 0.618 e. The summed E-state index contributed by atoms with van der Waals surface area (Å²) in [5.74, 6) is -1.83. The molecule has 10 nitrogen and oxygen atoms in total. The molecule has 0 N–H and O–H groups in total. The van der Waals surface area contributed by atoms with Gasteiger partial charge in [-0.2, -0.15) is 9.99 Å². The average Bonchev–Trinajstić information content (AvgIpc) is 2.71. The molecule has 29 heavy (non-hydrogen) atoms. The maximum atomic E-state index is 12.7. The van der Waals surface area contributed by atoms with E-state index in [2.05, 4.69) is 0 Å². The summed E-state index contributed by atoms with van der Waals surface area (Å²) in [6.45, 7) is 2.52. The molecule has 0 saturated carbocycles. The average molecular weight is 399 g/mol. The maximum absolute atomic E-state index is 12.7. The van der Waals surface area contributed by atoms with E-state index in [0.29, 0.717) is 4.73 Å². The lowest BCUT2D eigenvalue weighted by atomic mass is 9.92. The highest BCUT2D eigenvalue weighted by molar-refractivity contribution is 6.06. The maximum Gasteiger partial charge on any atom is 0.345 e. The van der Waals surface area contributed by atoms with E-state index in [-0.39, 0.29) is 52.4 Å². The summed E-state index contributed by atoms with van der Waals surface area (Å²) < 4.78 is 10.2. The molecule has 0 aliphatic rings. The number of ether oxygens (including phenoxy) is 2. The van der Waals surface area contributed by atoms with Crippen LogP contribution in [0, 0.1) is 40.5 Å². The van der Waals surface area contributed by atoms with E-state index in [1.807, 2.05) is 6.07 Å². The van der Waals surface area contributed by atoms with Crippen LogP contribution in [0.25, 0.3) is 11.1 Å². The van der Waals surface area contributed by atoms with Gasteiger partial charge in [0.25, 0.3) is 5.69 Å². The first-order valence-electron chi connectivity index (χ1n) is 8.38. The molecule has 1 heterocycles. The third-order valence-electron chi connectivity index (χ3n) is 4.22. The van der Waals surface area contributed by atoms with Crippen molar-refractivity contribution in [1.82, 2.24) is 0 Å². The van der Waals surface area contributed by atoms with Gasteiger partial charge in [-0.05, 0) is 5.56 Å². The van der Waals surface area contributed by atoms with Crippen molar-refractivity contribution >= 4 is 17.6 Å². The number of nitro groups is 1. The molecule has 2 rings (SSSR count). The van der Waals surface area contributed by atoms with Crippen molar-refractivity contribution in [3.8, 4) is 17.2 Å². The first kappa shape index (κ1) is 21.3. The minimum Gasteiger partial charge on any atom is -0.618 e. The quantitative estimate of drug-likeness (QED) is 0.180. The minimum absolute atomic E-state index is 0.00962. The summed E-state index contributed by atoms with van der Waals surface area (Å²) in [4.78, 5) is 35.7. The second kappa shape index (κ2) is 8.79. The van der Waals surface area contributed by atoms with Crippen molar-refractivity contribution in [3.63, 3.8) is 0 Å². The number of nitro benzene ring substituents is 1. The van der Waals surface area contributed by atoms with Crippen LogP contribution < -0.4 is 4.73 Å². The summed E-state index contributed by atoms with van der Waals surface area (Å²) in [5.41, 5.74) is -0.646. The van der Waals surface area contributed by atoms with Crippen LogP contribution in [0.1, 0.15) is 38.5 Å². The van der Waals surface area contributed by atoms with Crippen LogP contribution in [0.2, 0.25) is 0 Å². The zero-order valence-corrected chi connectivity index (χ0v) is 15.9. The predicted octanol–water partition coefficient (Wildman–Crippen LogP) is 2.37. The van der Waals surface area contributed by atoms with Crippen LogP contribution in [0.4, 0.5) is 5.69 Å². The number of hydrogen-bond donors (Lipinski definition) is 0. The second-order valence-corrected chi connectivity index (χ2v) is 5.93. The SMILES string of the molecule is COC(=O)c1c(-c2cccc([N+](=O)[O-])c2)c(C(=O)OCCC#N)c(C)[n+]([O-])c1C. The smallest absolute Gasteiger partial charge is 0.345 e. The lowest BCUT2D eigenvalue weighted by Gasteiger charge is -2.18. The number of pyridine rings is 1. The van der Waals surface area contributed by atoms with Crippen LogP contribution in [0.3, 0.4) is 0 Å². The number of nitriles is 1. The number of benzene rings is 1. The fourth-order valence-electron chi connectivity index (χ4n) is 2.87. The fourth-order valence-corrected chi connectivity index (χ4v) is 2.87. The second-order valence-electron chi connectivity index (χ2n) is 5.93. The molecule has 0 fully saturated rings. The van der Waals surface area contributed by atoms with Crippen molar-refractivity contribution in [1.29, 1.82) is 5.26 Å². The zero-order chi connectivity index (χ0) is 21.7. The fraction of sp³-hybridized carbons (Fsp3) is 0.263. The van der Waals surface area contributed by atoms with Gasteiger partial charge in [0.05, 0.1) is 24.5 Å². The topological polar surface area (TPSA) is 146 Å². The number of carbonyl (C=O) groups excluding carboxylic acids is 2. The van der Waals surface area contributed by atoms with E-state index in [4.69, 9.17) is 14.7 Å². The Labute approximate surface area is 165 Å². The van der Waals surface area contributed by atoms with E-state index in [9.17, 15) is 24.9 Å². The summed E-state index contributed by atoms with van der Waals surface area (Å²) in [5, 5.41) is 32.4. The van der Waals surface area contributed by atoms with Gasteiger partial charge in [0.15, 0.2) is 0 Å². The van der Waals surface area contributed by atoms with Gasteiger partial charge in [0, 0.05) is 31.5 Å². The van der Waals surface area contributed by atoms with E-state index in [1.165, 1.54) is 38.1 Å². The normalized spacial score (nSPS) is 10.1. The standard InChI is InChI=1S/C19H17N3O7/c1-11-15(18(23)28-3)17(13-6-4-7-14(10-13)22(26)27)16(12(2)21(11)25)19(24)29-9-5-8-20/h4,6-7,10H,5,9H2,1-3H3. The van der Waals surface area contributed by atoms with Crippen LogP contribution in [-0.4, -0.2) is 30.6 Å². The van der Waals surface area contributed by atoms with Crippen LogP contribution >= 0.6 is 0 Å². The Morgan fingerprint density at radius 3 is 2.38 bits per heavy atom. The molecule has 1 aromatic carbocycles. The molecule has 0 spiro atoms. The van der Waals surface area contributed by atoms with Gasteiger partial charge in [-0.15, -0.1) is 0 Å². The Balaban J connectivity index is 2.88. The van der Waals surface area contributed by atoms with E-state index in [0.717, 1.165) is 7.11 Å². The molecule has 0 unspecified atom stereocenters. The van der Waals surface area contributed by atoms with E-state index in [1.54, 1.807) is 0 Å². The predicted molar refractivity (Wildman–Crippen MR) is 98.8 cm³/mol. The van der Waals surface area contributed by atoms with Gasteiger partial charge in [-0.3, -0.25) is 10.1 Å². The Morgan fingerprint density at radius 2 is 1.83 bits per heavy atom. The van der Waals surface area contributed by atoms with Crippen LogP contribution in [-0.2, 0) is 9.47 Å². The third-order valence-corrected chi connectivity index (χ3v) is 4.22. The number of rotatable bonds is 6. The minimum atomic E-state index is -0.936. The molecule has 0 bridgehead atoms. The van der Waals surface area contributed by atoms with Crippen LogP contribution in [0.15, 0.2) is 24.3 Å². The zero-order valence-electron chi connectivity index (χ0n) is 15.9. The Kier molecular flexibility index (Phi) is 6.46. The molecule has 10 heteroatoms. The van der Waals surface area contributed by atoms with Crippen molar-refractivity contribution < 1.29 is 28.7 Å². The number of esters is 2. The van der Waals surface area contributed by atoms with Gasteiger partial charge < -0.3 is 14.7 Å². The number of aromatic nitrogens is 1. The number of non-ortho nitro benzene ring substituents is 1. The Hall–Kier alpha value is -4.00. The molecule has 0 aliphatic carbocycles. The van der Waals surface area contributed by atoms with Gasteiger partial charge >= 0.3 is 11.9 Å². The summed E-state index contributed by atoms with van der Waals surface area (Å²) in [7, 11) is 1.11. The lowest BCUT2D eigenvalue weighted by Crippen LogP contribution is -2.39. The van der Waals surface area contributed by atoms with Gasteiger partial charge in [0.2, 0.25) is 11.4 Å². The third kappa shape index (κ3) is 4.14. The molecule has 0 atom stereocenters. The number of nitrogens with zero attached hydrogens (tertiary/aromatic N) is 3. The van der Waals surface area contributed by atoms with E-state index < -0.39 is 16.9 Å². The molecule has 0 radical (unpaired) electrons. The van der Waals surface area contributed by atoms with Gasteiger partial charge in [0.1, 0.15) is 17.7 Å². The molecular weight excluding hydrogens is 382 g/mol. The molecule has 150 valence electrons. The number of methoxy groups -OCH3 is 1. The highest BCUT2D eigenvalue weighted by Gasteiger charge is 2.33. The van der Waals surface area contributed by atoms with Gasteiger partial charge in [-0.1, -0.05) is 12.1 Å². The summed E-state index contributed by atoms with van der Waals surface area (Å²) >= 11 is 0. The number of carbonyl (C=O) groups is 2.